The molecule has 0 bridgehead atoms. The van der Waals surface area contributed by atoms with Crippen molar-refractivity contribution in [2.24, 2.45) is 4.99 Å². The van der Waals surface area contributed by atoms with Gasteiger partial charge in [0.2, 0.25) is 0 Å². The second-order valence-electron chi connectivity index (χ2n) is 5.48. The monoisotopic (exact) mass is 310 g/mol. The number of aliphatic hydroxyl groups is 4. The van der Waals surface area contributed by atoms with Crippen molar-refractivity contribution in [1.82, 2.24) is 0 Å². The zero-order valence-electron chi connectivity index (χ0n) is 12.6. The molecule has 0 aliphatic carbocycles. The summed E-state index contributed by atoms with van der Waals surface area (Å²) in [6, 6.07) is 6.54. The van der Waals surface area contributed by atoms with Gasteiger partial charge in [0.1, 0.15) is 24.4 Å². The minimum Gasteiger partial charge on any atom is -0.394 e. The van der Waals surface area contributed by atoms with Gasteiger partial charge in [0.15, 0.2) is 6.29 Å². The Hall–Kier alpha value is -1.51. The summed E-state index contributed by atoms with van der Waals surface area (Å²) in [7, 11) is 3.88. The molecule has 7 heteroatoms. The predicted octanol–water partition coefficient (Wildman–Crippen LogP) is -1.03. The van der Waals surface area contributed by atoms with Gasteiger partial charge in [0.05, 0.1) is 6.61 Å². The zero-order valence-corrected chi connectivity index (χ0v) is 12.6. The largest absolute Gasteiger partial charge is 0.394 e. The summed E-state index contributed by atoms with van der Waals surface area (Å²) >= 11 is 0. The molecule has 0 aromatic heterocycles. The molecule has 1 aliphatic rings. The molecule has 0 radical (unpaired) electrons. The molecule has 1 heterocycles. The van der Waals surface area contributed by atoms with Crippen LogP contribution in [0.3, 0.4) is 0 Å². The second kappa shape index (κ2) is 7.17. The number of aliphatic imine (C=N–C) groups is 1. The third-order valence-corrected chi connectivity index (χ3v) is 3.67. The van der Waals surface area contributed by atoms with Gasteiger partial charge in [-0.3, -0.25) is 4.99 Å². The molecular formula is C15H22N2O5. The van der Waals surface area contributed by atoms with Gasteiger partial charge in [0, 0.05) is 26.0 Å². The van der Waals surface area contributed by atoms with E-state index in [1.165, 1.54) is 6.21 Å². The average molecular weight is 310 g/mol. The Morgan fingerprint density at radius 2 is 1.77 bits per heavy atom. The third kappa shape index (κ3) is 3.63. The molecule has 1 aromatic carbocycles. The van der Waals surface area contributed by atoms with Crippen LogP contribution in [0.1, 0.15) is 5.56 Å². The Balaban J connectivity index is 2.08. The van der Waals surface area contributed by atoms with Gasteiger partial charge < -0.3 is 30.1 Å². The van der Waals surface area contributed by atoms with Gasteiger partial charge in [-0.25, -0.2) is 0 Å². The number of anilines is 1. The van der Waals surface area contributed by atoms with Crippen LogP contribution in [0.5, 0.6) is 0 Å². The molecule has 122 valence electrons. The topological polar surface area (TPSA) is 106 Å². The first-order chi connectivity index (χ1) is 10.4. The minimum absolute atomic E-state index is 0.488. The summed E-state index contributed by atoms with van der Waals surface area (Å²) in [6.07, 6.45) is -3.50. The van der Waals surface area contributed by atoms with Crippen molar-refractivity contribution in [2.45, 2.75) is 30.6 Å². The van der Waals surface area contributed by atoms with Crippen molar-refractivity contribution in [1.29, 1.82) is 0 Å². The Labute approximate surface area is 129 Å². The molecule has 0 amide bonds. The van der Waals surface area contributed by atoms with E-state index >= 15 is 0 Å². The molecule has 0 unspecified atom stereocenters. The predicted molar refractivity (Wildman–Crippen MR) is 82.1 cm³/mol. The van der Waals surface area contributed by atoms with Crippen molar-refractivity contribution < 1.29 is 25.2 Å². The molecule has 0 saturated carbocycles. The normalized spacial score (nSPS) is 32.4. The van der Waals surface area contributed by atoms with E-state index in [-0.39, 0.29) is 0 Å². The number of aliphatic hydroxyl groups excluding tert-OH is 4. The molecule has 22 heavy (non-hydrogen) atoms. The molecule has 0 spiro atoms. The zero-order chi connectivity index (χ0) is 16.3. The van der Waals surface area contributed by atoms with Crippen molar-refractivity contribution in [3.63, 3.8) is 0 Å². The molecular weight excluding hydrogens is 288 g/mol. The van der Waals surface area contributed by atoms with Gasteiger partial charge in [-0.2, -0.15) is 0 Å². The van der Waals surface area contributed by atoms with E-state index in [1.807, 2.05) is 43.3 Å². The van der Waals surface area contributed by atoms with E-state index in [4.69, 9.17) is 9.84 Å². The van der Waals surface area contributed by atoms with Crippen LogP contribution in [0, 0.1) is 0 Å². The Morgan fingerprint density at radius 1 is 1.14 bits per heavy atom. The van der Waals surface area contributed by atoms with Gasteiger partial charge in [-0.05, 0) is 17.7 Å². The van der Waals surface area contributed by atoms with Gasteiger partial charge >= 0.3 is 0 Å². The van der Waals surface area contributed by atoms with Crippen molar-refractivity contribution in [3.8, 4) is 0 Å². The highest BCUT2D eigenvalue weighted by atomic mass is 16.6. The SMILES string of the molecule is CN(C)c1ccc(C=N[C@@H]2[C@H](O)[C@H](O)[C@H](CO)O[C@@H]2O)cc1. The smallest absolute Gasteiger partial charge is 0.180 e. The molecule has 1 aliphatic heterocycles. The molecule has 7 nitrogen and oxygen atoms in total. The number of rotatable bonds is 4. The fourth-order valence-corrected chi connectivity index (χ4v) is 2.27. The van der Waals surface area contributed by atoms with Crippen LogP contribution in [0.25, 0.3) is 0 Å². The Morgan fingerprint density at radius 3 is 2.32 bits per heavy atom. The van der Waals surface area contributed by atoms with Gasteiger partial charge in [-0.1, -0.05) is 12.1 Å². The molecule has 1 saturated heterocycles. The standard InChI is InChI=1S/C15H22N2O5/c1-17(2)10-5-3-9(4-6-10)7-16-12-14(20)13(19)11(8-18)22-15(12)21/h3-7,11-15,18-21H,8H2,1-2H3/t11-,12+,13+,14-,15-/m0/s1. The van der Waals surface area contributed by atoms with E-state index in [0.717, 1.165) is 11.3 Å². The van der Waals surface area contributed by atoms with Crippen molar-refractivity contribution >= 4 is 11.9 Å². The van der Waals surface area contributed by atoms with Crippen LogP contribution >= 0.6 is 0 Å². The fraction of sp³-hybridized carbons (Fsp3) is 0.533. The molecule has 1 aromatic rings. The summed E-state index contributed by atoms with van der Waals surface area (Å²) in [5.41, 5.74) is 1.84. The lowest BCUT2D eigenvalue weighted by Crippen LogP contribution is -2.57. The maximum atomic E-state index is 9.98. The van der Waals surface area contributed by atoms with E-state index in [2.05, 4.69) is 4.99 Å². The number of hydrogen-bond acceptors (Lipinski definition) is 7. The number of benzene rings is 1. The lowest BCUT2D eigenvalue weighted by Gasteiger charge is -2.38. The maximum Gasteiger partial charge on any atom is 0.180 e. The fourth-order valence-electron chi connectivity index (χ4n) is 2.27. The van der Waals surface area contributed by atoms with Crippen LogP contribution in [0.15, 0.2) is 29.3 Å². The van der Waals surface area contributed by atoms with E-state index in [1.54, 1.807) is 0 Å². The molecule has 1 fully saturated rings. The summed E-state index contributed by atoms with van der Waals surface area (Å²) in [5, 5.41) is 38.6. The summed E-state index contributed by atoms with van der Waals surface area (Å²) in [6.45, 7) is -0.488. The van der Waals surface area contributed by atoms with Crippen LogP contribution in [0.2, 0.25) is 0 Å². The van der Waals surface area contributed by atoms with Gasteiger partial charge in [-0.15, -0.1) is 0 Å². The van der Waals surface area contributed by atoms with Crippen molar-refractivity contribution in [3.05, 3.63) is 29.8 Å². The first-order valence-electron chi connectivity index (χ1n) is 7.05. The lowest BCUT2D eigenvalue weighted by molar-refractivity contribution is -0.248. The molecule has 4 N–H and O–H groups in total. The molecule has 5 atom stereocenters. The van der Waals surface area contributed by atoms with Crippen LogP contribution in [-0.4, -0.2) is 78.0 Å². The van der Waals surface area contributed by atoms with Crippen LogP contribution < -0.4 is 4.90 Å². The highest BCUT2D eigenvalue weighted by Gasteiger charge is 2.43. The van der Waals surface area contributed by atoms with E-state index in [0.29, 0.717) is 0 Å². The summed E-state index contributed by atoms with van der Waals surface area (Å²) < 4.78 is 5.04. The van der Waals surface area contributed by atoms with Crippen LogP contribution in [-0.2, 0) is 4.74 Å². The Bertz CT molecular complexity index is 505. The second-order valence-corrected chi connectivity index (χ2v) is 5.48. The maximum absolute atomic E-state index is 9.98. The number of nitrogens with zero attached hydrogens (tertiary/aromatic N) is 2. The highest BCUT2D eigenvalue weighted by Crippen LogP contribution is 2.22. The van der Waals surface area contributed by atoms with Crippen molar-refractivity contribution in [2.75, 3.05) is 25.6 Å². The van der Waals surface area contributed by atoms with E-state index < -0.39 is 37.3 Å². The third-order valence-electron chi connectivity index (χ3n) is 3.67. The molecule has 2 rings (SSSR count). The average Bonchev–Trinajstić information content (AvgIpc) is 2.51. The first-order valence-corrected chi connectivity index (χ1v) is 7.05. The summed E-state index contributed by atoms with van der Waals surface area (Å²) in [5.74, 6) is 0. The summed E-state index contributed by atoms with van der Waals surface area (Å²) in [4.78, 5) is 6.07. The Kier molecular flexibility index (Phi) is 5.49. The van der Waals surface area contributed by atoms with Crippen LogP contribution in [0.4, 0.5) is 5.69 Å². The minimum atomic E-state index is -1.38. The lowest BCUT2D eigenvalue weighted by atomic mass is 9.97. The highest BCUT2D eigenvalue weighted by molar-refractivity contribution is 5.80. The number of hydrogen-bond donors (Lipinski definition) is 4. The van der Waals surface area contributed by atoms with E-state index in [9.17, 15) is 15.3 Å². The van der Waals surface area contributed by atoms with Gasteiger partial charge in [0.25, 0.3) is 0 Å². The quantitative estimate of drug-likeness (QED) is 0.530. The number of ether oxygens (including phenoxy) is 1. The first kappa shape index (κ1) is 16.9.